The molecule has 1 aliphatic carbocycles. The largest absolute Gasteiger partial charge is 0.456 e. The number of furan rings is 1. The molecule has 1 heterocycles. The molecule has 4 heteroatoms. The van der Waals surface area contributed by atoms with Gasteiger partial charge < -0.3 is 9.52 Å². The summed E-state index contributed by atoms with van der Waals surface area (Å²) < 4.78 is 7.08. The molecule has 0 bridgehead atoms. The molecule has 0 aliphatic heterocycles. The second kappa shape index (κ2) is 6.83. The Hall–Kier alpha value is -2.85. The fraction of sp³-hybridized carbons (Fsp3) is 0.0370. The first kappa shape index (κ1) is 18.9. The van der Waals surface area contributed by atoms with Gasteiger partial charge in [0.1, 0.15) is 16.9 Å². The van der Waals surface area contributed by atoms with Crippen molar-refractivity contribution >= 4 is 38.5 Å². The molecule has 0 amide bonds. The van der Waals surface area contributed by atoms with Gasteiger partial charge in [0, 0.05) is 37.1 Å². The highest BCUT2D eigenvalue weighted by molar-refractivity contribution is 9.10. The van der Waals surface area contributed by atoms with E-state index in [4.69, 9.17) is 16.0 Å². The summed E-state index contributed by atoms with van der Waals surface area (Å²) in [6, 6.07) is 29.5. The molecule has 1 N–H and O–H groups in total. The summed E-state index contributed by atoms with van der Waals surface area (Å²) in [7, 11) is 0. The summed E-state index contributed by atoms with van der Waals surface area (Å²) in [5.41, 5.74) is 4.63. The maximum atomic E-state index is 12.4. The van der Waals surface area contributed by atoms with E-state index in [1.807, 2.05) is 91.0 Å². The van der Waals surface area contributed by atoms with Gasteiger partial charge in [-0.1, -0.05) is 76.1 Å². The molecule has 150 valence electrons. The van der Waals surface area contributed by atoms with Gasteiger partial charge in [0.2, 0.25) is 0 Å². The van der Waals surface area contributed by atoms with Crippen LogP contribution < -0.4 is 0 Å². The summed E-state index contributed by atoms with van der Waals surface area (Å²) in [5, 5.41) is 14.0. The fourth-order valence-electron chi connectivity index (χ4n) is 4.66. The fourth-order valence-corrected chi connectivity index (χ4v) is 5.20. The van der Waals surface area contributed by atoms with Crippen LogP contribution in [0.15, 0.2) is 99.9 Å². The first-order valence-corrected chi connectivity index (χ1v) is 11.1. The maximum Gasteiger partial charge on any atom is 0.142 e. The molecule has 1 unspecified atom stereocenters. The number of rotatable bonds is 2. The third kappa shape index (κ3) is 2.74. The Morgan fingerprint density at radius 2 is 1.42 bits per heavy atom. The maximum absolute atomic E-state index is 12.4. The van der Waals surface area contributed by atoms with Crippen molar-refractivity contribution < 1.29 is 9.52 Å². The van der Waals surface area contributed by atoms with E-state index in [2.05, 4.69) is 15.9 Å². The zero-order valence-electron chi connectivity index (χ0n) is 16.3. The zero-order valence-corrected chi connectivity index (χ0v) is 18.6. The Labute approximate surface area is 192 Å². The summed E-state index contributed by atoms with van der Waals surface area (Å²) in [6.07, 6.45) is 0. The Bertz CT molecular complexity index is 1450. The first-order valence-electron chi connectivity index (χ1n) is 9.97. The van der Waals surface area contributed by atoms with Crippen LogP contribution in [0.3, 0.4) is 0 Å². The van der Waals surface area contributed by atoms with Gasteiger partial charge in [-0.25, -0.2) is 0 Å². The van der Waals surface area contributed by atoms with Crippen LogP contribution in [-0.2, 0) is 5.60 Å². The number of fused-ring (bicyclic) bond motifs is 4. The molecule has 0 fully saturated rings. The number of hydrogen-bond donors (Lipinski definition) is 1. The molecule has 0 saturated carbocycles. The lowest BCUT2D eigenvalue weighted by Crippen LogP contribution is -2.27. The number of aliphatic hydroxyl groups is 1. The van der Waals surface area contributed by atoms with Gasteiger partial charge in [-0.05, 0) is 53.6 Å². The van der Waals surface area contributed by atoms with Gasteiger partial charge in [0.25, 0.3) is 0 Å². The molecular formula is C27H16BrClO2. The van der Waals surface area contributed by atoms with Gasteiger partial charge in [-0.3, -0.25) is 0 Å². The molecule has 2 nitrogen and oxygen atoms in total. The van der Waals surface area contributed by atoms with Crippen molar-refractivity contribution in [3.63, 3.8) is 0 Å². The van der Waals surface area contributed by atoms with E-state index in [1.165, 1.54) is 0 Å². The summed E-state index contributed by atoms with van der Waals surface area (Å²) in [4.78, 5) is 0. The normalized spacial score (nSPS) is 17.0. The molecule has 31 heavy (non-hydrogen) atoms. The molecule has 0 spiro atoms. The Morgan fingerprint density at radius 3 is 2.29 bits per heavy atom. The van der Waals surface area contributed by atoms with E-state index >= 15 is 0 Å². The molecule has 5 aromatic rings. The Balaban J connectivity index is 1.69. The standard InChI is InChI=1S/C27H16BrClO2/c28-17-9-11-20-19-6-2-3-7-22(19)27(30,23(20)14-17)24-15-18(29)10-12-21(24)26-13-16-5-1-4-8-25(16)31-26/h1-15,30H. The van der Waals surface area contributed by atoms with Crippen LogP contribution in [0, 0.1) is 0 Å². The predicted octanol–water partition coefficient (Wildman–Crippen LogP) is 7.78. The molecule has 1 atom stereocenters. The number of para-hydroxylation sites is 1. The third-order valence-corrected chi connectivity index (χ3v) is 6.77. The average Bonchev–Trinajstić information content (AvgIpc) is 3.32. The second-order valence-corrected chi connectivity index (χ2v) is 9.14. The lowest BCUT2D eigenvalue weighted by atomic mass is 9.81. The lowest BCUT2D eigenvalue weighted by molar-refractivity contribution is 0.131. The van der Waals surface area contributed by atoms with Crippen LogP contribution in [0.1, 0.15) is 16.7 Å². The van der Waals surface area contributed by atoms with Crippen molar-refractivity contribution in [1.82, 2.24) is 0 Å². The van der Waals surface area contributed by atoms with Gasteiger partial charge in [-0.15, -0.1) is 0 Å². The van der Waals surface area contributed by atoms with E-state index in [9.17, 15) is 5.11 Å². The van der Waals surface area contributed by atoms with E-state index in [1.54, 1.807) is 0 Å². The van der Waals surface area contributed by atoms with Gasteiger partial charge in [0.05, 0.1) is 0 Å². The minimum absolute atomic E-state index is 0.559. The van der Waals surface area contributed by atoms with Crippen LogP contribution >= 0.6 is 27.5 Å². The smallest absolute Gasteiger partial charge is 0.142 e. The van der Waals surface area contributed by atoms with Gasteiger partial charge >= 0.3 is 0 Å². The lowest BCUT2D eigenvalue weighted by Gasteiger charge is -2.29. The van der Waals surface area contributed by atoms with Gasteiger partial charge in [0.15, 0.2) is 0 Å². The minimum Gasteiger partial charge on any atom is -0.456 e. The predicted molar refractivity (Wildman–Crippen MR) is 128 cm³/mol. The topological polar surface area (TPSA) is 33.4 Å². The van der Waals surface area contributed by atoms with E-state index in [0.717, 1.165) is 43.3 Å². The van der Waals surface area contributed by atoms with Crippen LogP contribution in [0.25, 0.3) is 33.4 Å². The quantitative estimate of drug-likeness (QED) is 0.276. The second-order valence-electron chi connectivity index (χ2n) is 7.78. The van der Waals surface area contributed by atoms with Crippen molar-refractivity contribution in [2.45, 2.75) is 5.60 Å². The summed E-state index contributed by atoms with van der Waals surface area (Å²) in [5.74, 6) is 0.696. The van der Waals surface area contributed by atoms with E-state index in [0.29, 0.717) is 16.3 Å². The Kier molecular flexibility index (Phi) is 4.16. The van der Waals surface area contributed by atoms with Crippen molar-refractivity contribution in [2.24, 2.45) is 0 Å². The van der Waals surface area contributed by atoms with Crippen LogP contribution in [0.2, 0.25) is 5.02 Å². The monoisotopic (exact) mass is 486 g/mol. The molecule has 0 saturated heterocycles. The average molecular weight is 488 g/mol. The van der Waals surface area contributed by atoms with Crippen LogP contribution in [0.4, 0.5) is 0 Å². The van der Waals surface area contributed by atoms with Crippen LogP contribution in [0.5, 0.6) is 0 Å². The highest BCUT2D eigenvalue weighted by Gasteiger charge is 2.44. The number of hydrogen-bond acceptors (Lipinski definition) is 2. The van der Waals surface area contributed by atoms with E-state index < -0.39 is 5.60 Å². The molecule has 0 radical (unpaired) electrons. The minimum atomic E-state index is -1.37. The number of halogens is 2. The number of benzene rings is 4. The van der Waals surface area contributed by atoms with Crippen molar-refractivity contribution in [1.29, 1.82) is 0 Å². The molecule has 1 aromatic heterocycles. The summed E-state index contributed by atoms with van der Waals surface area (Å²) in [6.45, 7) is 0. The Morgan fingerprint density at radius 1 is 0.710 bits per heavy atom. The van der Waals surface area contributed by atoms with Crippen LogP contribution in [-0.4, -0.2) is 5.11 Å². The first-order chi connectivity index (χ1) is 15.1. The highest BCUT2D eigenvalue weighted by atomic mass is 79.9. The molecular weight excluding hydrogens is 472 g/mol. The van der Waals surface area contributed by atoms with Gasteiger partial charge in [-0.2, -0.15) is 0 Å². The van der Waals surface area contributed by atoms with Crippen molar-refractivity contribution in [2.75, 3.05) is 0 Å². The SMILES string of the molecule is OC1(c2cc(Cl)ccc2-c2cc3ccccc3o2)c2ccccc2-c2ccc(Br)cc21. The summed E-state index contributed by atoms with van der Waals surface area (Å²) >= 11 is 10.0. The molecule has 4 aromatic carbocycles. The van der Waals surface area contributed by atoms with Crippen molar-refractivity contribution in [3.8, 4) is 22.5 Å². The third-order valence-electron chi connectivity index (χ3n) is 6.04. The van der Waals surface area contributed by atoms with E-state index in [-0.39, 0.29) is 0 Å². The highest BCUT2D eigenvalue weighted by Crippen LogP contribution is 2.53. The van der Waals surface area contributed by atoms with Crippen molar-refractivity contribution in [3.05, 3.63) is 117 Å². The molecule has 1 aliphatic rings. The zero-order chi connectivity index (χ0) is 21.2. The molecule has 6 rings (SSSR count).